The Bertz CT molecular complexity index is 735. The highest BCUT2D eigenvalue weighted by Crippen LogP contribution is 2.14. The molecule has 0 saturated carbocycles. The van der Waals surface area contributed by atoms with Gasteiger partial charge in [-0.3, -0.25) is 9.78 Å². The van der Waals surface area contributed by atoms with Crippen LogP contribution in [0, 0.1) is 6.92 Å². The van der Waals surface area contributed by atoms with Crippen LogP contribution in [-0.2, 0) is 13.1 Å². The molecule has 0 unspecified atom stereocenters. The van der Waals surface area contributed by atoms with Gasteiger partial charge in [-0.2, -0.15) is 0 Å². The molecule has 0 fully saturated rings. The number of pyridine rings is 1. The number of aryl methyl sites for hydroxylation is 1. The summed E-state index contributed by atoms with van der Waals surface area (Å²) in [6, 6.07) is 9.00. The first-order valence-corrected chi connectivity index (χ1v) is 6.86. The molecule has 1 amide bonds. The van der Waals surface area contributed by atoms with Gasteiger partial charge in [0.1, 0.15) is 5.76 Å². The standard InChI is InChI=1S/C16H15N3O3/c1-12-8-15(22-18-12)16(20)19(11-14-5-3-7-21-14)10-13-4-2-6-17-9-13/h2-9H,10-11H2,1H3. The van der Waals surface area contributed by atoms with Crippen molar-refractivity contribution in [3.8, 4) is 0 Å². The number of aromatic nitrogens is 2. The smallest absolute Gasteiger partial charge is 0.293 e. The largest absolute Gasteiger partial charge is 0.467 e. The maximum absolute atomic E-state index is 12.6. The third-order valence-corrected chi connectivity index (χ3v) is 3.15. The van der Waals surface area contributed by atoms with Gasteiger partial charge >= 0.3 is 0 Å². The fourth-order valence-electron chi connectivity index (χ4n) is 2.12. The molecular formula is C16H15N3O3. The zero-order chi connectivity index (χ0) is 15.4. The lowest BCUT2D eigenvalue weighted by Gasteiger charge is -2.20. The van der Waals surface area contributed by atoms with Crippen molar-refractivity contribution in [2.45, 2.75) is 20.0 Å². The van der Waals surface area contributed by atoms with Crippen molar-refractivity contribution in [2.24, 2.45) is 0 Å². The van der Waals surface area contributed by atoms with Crippen molar-refractivity contribution in [1.29, 1.82) is 0 Å². The molecule has 0 atom stereocenters. The minimum Gasteiger partial charge on any atom is -0.467 e. The molecule has 0 bridgehead atoms. The molecule has 0 N–H and O–H groups in total. The van der Waals surface area contributed by atoms with E-state index in [4.69, 9.17) is 8.94 Å². The van der Waals surface area contributed by atoms with E-state index in [2.05, 4.69) is 10.1 Å². The van der Waals surface area contributed by atoms with Crippen LogP contribution >= 0.6 is 0 Å². The van der Waals surface area contributed by atoms with Crippen LogP contribution < -0.4 is 0 Å². The summed E-state index contributed by atoms with van der Waals surface area (Å²) in [5, 5.41) is 3.77. The normalized spacial score (nSPS) is 10.6. The topological polar surface area (TPSA) is 72.4 Å². The fourth-order valence-corrected chi connectivity index (χ4v) is 2.12. The molecule has 6 heteroatoms. The number of amides is 1. The molecule has 3 rings (SSSR count). The van der Waals surface area contributed by atoms with Crippen LogP contribution in [0.1, 0.15) is 27.6 Å². The molecule has 0 aliphatic carbocycles. The maximum atomic E-state index is 12.6. The lowest BCUT2D eigenvalue weighted by atomic mass is 10.2. The molecule has 0 radical (unpaired) electrons. The zero-order valence-corrected chi connectivity index (χ0v) is 12.1. The van der Waals surface area contributed by atoms with Gasteiger partial charge in [0.15, 0.2) is 0 Å². The van der Waals surface area contributed by atoms with Gasteiger partial charge in [0.25, 0.3) is 5.91 Å². The predicted octanol–water partition coefficient (Wildman–Crippen LogP) is 2.81. The van der Waals surface area contributed by atoms with E-state index in [0.29, 0.717) is 24.5 Å². The summed E-state index contributed by atoms with van der Waals surface area (Å²) in [6.45, 7) is 2.53. The number of hydrogen-bond acceptors (Lipinski definition) is 5. The molecule has 0 saturated heterocycles. The Morgan fingerprint density at radius 3 is 2.82 bits per heavy atom. The van der Waals surface area contributed by atoms with E-state index in [-0.39, 0.29) is 11.7 Å². The molecule has 3 heterocycles. The first kappa shape index (κ1) is 14.1. The second kappa shape index (κ2) is 6.26. The molecular weight excluding hydrogens is 282 g/mol. The van der Waals surface area contributed by atoms with Crippen LogP contribution in [0.5, 0.6) is 0 Å². The number of nitrogens with zero attached hydrogens (tertiary/aromatic N) is 3. The molecule has 0 spiro atoms. The second-order valence-electron chi connectivity index (χ2n) is 4.93. The Hall–Kier alpha value is -2.89. The van der Waals surface area contributed by atoms with Gasteiger partial charge in [-0.05, 0) is 30.7 Å². The fraction of sp³-hybridized carbons (Fsp3) is 0.188. The van der Waals surface area contributed by atoms with Crippen molar-refractivity contribution < 1.29 is 13.7 Å². The van der Waals surface area contributed by atoms with Crippen LogP contribution in [0.2, 0.25) is 0 Å². The first-order chi connectivity index (χ1) is 10.7. The highest BCUT2D eigenvalue weighted by molar-refractivity contribution is 5.91. The van der Waals surface area contributed by atoms with Crippen LogP contribution in [0.3, 0.4) is 0 Å². The van der Waals surface area contributed by atoms with E-state index in [9.17, 15) is 4.79 Å². The van der Waals surface area contributed by atoms with Gasteiger partial charge in [-0.15, -0.1) is 0 Å². The van der Waals surface area contributed by atoms with E-state index in [1.54, 1.807) is 42.6 Å². The summed E-state index contributed by atoms with van der Waals surface area (Å²) >= 11 is 0. The third-order valence-electron chi connectivity index (χ3n) is 3.15. The maximum Gasteiger partial charge on any atom is 0.293 e. The Morgan fingerprint density at radius 1 is 1.27 bits per heavy atom. The van der Waals surface area contributed by atoms with Crippen molar-refractivity contribution in [2.75, 3.05) is 0 Å². The van der Waals surface area contributed by atoms with Gasteiger partial charge < -0.3 is 13.8 Å². The molecule has 22 heavy (non-hydrogen) atoms. The Labute approximate surface area is 127 Å². The summed E-state index contributed by atoms with van der Waals surface area (Å²) in [6.07, 6.45) is 5.01. The van der Waals surface area contributed by atoms with E-state index in [0.717, 1.165) is 5.56 Å². The van der Waals surface area contributed by atoms with Crippen LogP contribution in [0.25, 0.3) is 0 Å². The average molecular weight is 297 g/mol. The Morgan fingerprint density at radius 2 is 2.18 bits per heavy atom. The molecule has 3 aromatic rings. The summed E-state index contributed by atoms with van der Waals surface area (Å²) in [5.41, 5.74) is 1.60. The van der Waals surface area contributed by atoms with Crippen LogP contribution in [0.4, 0.5) is 0 Å². The molecule has 0 aliphatic heterocycles. The lowest BCUT2D eigenvalue weighted by molar-refractivity contribution is 0.0675. The van der Waals surface area contributed by atoms with Gasteiger partial charge in [-0.1, -0.05) is 11.2 Å². The minimum absolute atomic E-state index is 0.216. The van der Waals surface area contributed by atoms with Crippen LogP contribution in [-0.4, -0.2) is 20.9 Å². The molecule has 6 nitrogen and oxygen atoms in total. The molecule has 3 aromatic heterocycles. The quantitative estimate of drug-likeness (QED) is 0.724. The molecule has 0 aliphatic rings. The average Bonchev–Trinajstić information content (AvgIpc) is 3.18. The highest BCUT2D eigenvalue weighted by atomic mass is 16.5. The van der Waals surface area contributed by atoms with Crippen molar-refractivity contribution in [1.82, 2.24) is 15.0 Å². The van der Waals surface area contributed by atoms with Crippen molar-refractivity contribution >= 4 is 5.91 Å². The Balaban J connectivity index is 1.83. The zero-order valence-electron chi connectivity index (χ0n) is 12.1. The SMILES string of the molecule is Cc1cc(C(=O)N(Cc2cccnc2)Cc2ccco2)on1. The van der Waals surface area contributed by atoms with E-state index < -0.39 is 0 Å². The monoisotopic (exact) mass is 297 g/mol. The summed E-state index contributed by atoms with van der Waals surface area (Å²) < 4.78 is 10.4. The first-order valence-electron chi connectivity index (χ1n) is 6.86. The highest BCUT2D eigenvalue weighted by Gasteiger charge is 2.21. The van der Waals surface area contributed by atoms with Crippen molar-refractivity contribution in [3.63, 3.8) is 0 Å². The predicted molar refractivity (Wildman–Crippen MR) is 77.8 cm³/mol. The third kappa shape index (κ3) is 3.22. The van der Waals surface area contributed by atoms with Gasteiger partial charge in [0.2, 0.25) is 5.76 Å². The Kier molecular flexibility index (Phi) is 4.00. The summed E-state index contributed by atoms with van der Waals surface area (Å²) in [7, 11) is 0. The van der Waals surface area contributed by atoms with E-state index >= 15 is 0 Å². The van der Waals surface area contributed by atoms with E-state index in [1.807, 2.05) is 18.2 Å². The van der Waals surface area contributed by atoms with E-state index in [1.165, 1.54) is 0 Å². The summed E-state index contributed by atoms with van der Waals surface area (Å²) in [5.74, 6) is 0.683. The number of hydrogen-bond donors (Lipinski definition) is 0. The molecule has 0 aromatic carbocycles. The van der Waals surface area contributed by atoms with Crippen LogP contribution in [0.15, 0.2) is 57.9 Å². The van der Waals surface area contributed by atoms with Gasteiger partial charge in [0, 0.05) is 25.0 Å². The number of carbonyl (C=O) groups excluding carboxylic acids is 1. The number of carbonyl (C=O) groups is 1. The molecule has 112 valence electrons. The minimum atomic E-state index is -0.235. The van der Waals surface area contributed by atoms with Crippen molar-refractivity contribution in [3.05, 3.63) is 71.8 Å². The second-order valence-corrected chi connectivity index (χ2v) is 4.93. The van der Waals surface area contributed by atoms with Gasteiger partial charge in [-0.25, -0.2) is 0 Å². The summed E-state index contributed by atoms with van der Waals surface area (Å²) in [4.78, 5) is 18.3. The number of rotatable bonds is 5. The number of furan rings is 1. The van der Waals surface area contributed by atoms with Gasteiger partial charge in [0.05, 0.1) is 18.5 Å². The lowest BCUT2D eigenvalue weighted by Crippen LogP contribution is -2.29.